The summed E-state index contributed by atoms with van der Waals surface area (Å²) in [6, 6.07) is 3.98. The molecule has 1 aromatic rings. The lowest BCUT2D eigenvalue weighted by Gasteiger charge is -2.17. The van der Waals surface area contributed by atoms with Crippen LogP contribution >= 0.6 is 0 Å². The Bertz CT molecular complexity index is 902. The van der Waals surface area contributed by atoms with Crippen LogP contribution < -0.4 is 15.2 Å². The van der Waals surface area contributed by atoms with E-state index in [1.54, 1.807) is 24.0 Å². The van der Waals surface area contributed by atoms with Crippen LogP contribution in [0.4, 0.5) is 4.39 Å². The average molecular weight is 440 g/mol. The molecule has 0 radical (unpaired) electrons. The van der Waals surface area contributed by atoms with Gasteiger partial charge in [0, 0.05) is 12.6 Å². The molecule has 0 saturated heterocycles. The van der Waals surface area contributed by atoms with Gasteiger partial charge in [-0.05, 0) is 56.2 Å². The third-order valence-electron chi connectivity index (χ3n) is 5.23. The van der Waals surface area contributed by atoms with Crippen molar-refractivity contribution >= 4 is 21.8 Å². The predicted molar refractivity (Wildman–Crippen MR) is 115 cm³/mol. The number of rotatable bonds is 12. The largest absolute Gasteiger partial charge is 0.490 e. The van der Waals surface area contributed by atoms with Crippen molar-refractivity contribution in [2.75, 3.05) is 25.4 Å². The van der Waals surface area contributed by atoms with Gasteiger partial charge in [-0.2, -0.15) is 4.99 Å². The molecule has 1 aliphatic heterocycles. The zero-order chi connectivity index (χ0) is 21.7. The van der Waals surface area contributed by atoms with E-state index in [-0.39, 0.29) is 17.5 Å². The number of aliphatic imine (C=N–C) groups is 1. The van der Waals surface area contributed by atoms with E-state index in [0.717, 1.165) is 19.3 Å². The number of guanidine groups is 1. The highest BCUT2D eigenvalue weighted by atomic mass is 32.2. The zero-order valence-electron chi connectivity index (χ0n) is 17.2. The Kier molecular flexibility index (Phi) is 7.30. The van der Waals surface area contributed by atoms with Crippen LogP contribution in [-0.4, -0.2) is 50.6 Å². The summed E-state index contributed by atoms with van der Waals surface area (Å²) in [6.45, 7) is 3.32. The number of sulfonamides is 1. The Labute approximate surface area is 177 Å². The van der Waals surface area contributed by atoms with Crippen molar-refractivity contribution in [1.82, 2.24) is 9.62 Å². The van der Waals surface area contributed by atoms with Crippen LogP contribution in [0.3, 0.4) is 0 Å². The number of halogens is 1. The molecule has 1 fully saturated rings. The number of hydrogen-bond donors (Lipinski definition) is 3. The number of amidine groups is 1. The van der Waals surface area contributed by atoms with Gasteiger partial charge in [0.25, 0.3) is 0 Å². The van der Waals surface area contributed by atoms with Crippen molar-refractivity contribution in [3.8, 4) is 5.75 Å². The number of unbranched alkanes of at least 4 members (excludes halogenated alkanes) is 2. The maximum absolute atomic E-state index is 13.9. The molecule has 0 spiro atoms. The highest BCUT2D eigenvalue weighted by molar-refractivity contribution is 7.89. The van der Waals surface area contributed by atoms with E-state index < -0.39 is 21.9 Å². The highest BCUT2D eigenvalue weighted by Gasteiger charge is 2.23. The van der Waals surface area contributed by atoms with E-state index in [1.807, 2.05) is 0 Å². The highest BCUT2D eigenvalue weighted by Crippen LogP contribution is 2.31. The van der Waals surface area contributed by atoms with Gasteiger partial charge < -0.3 is 15.4 Å². The number of nitrogens with zero attached hydrogens (tertiary/aromatic N) is 2. The van der Waals surface area contributed by atoms with Gasteiger partial charge in [0.2, 0.25) is 16.0 Å². The molecule has 0 amide bonds. The lowest BCUT2D eigenvalue weighted by molar-refractivity contribution is 0.285. The Morgan fingerprint density at radius 1 is 1.37 bits per heavy atom. The van der Waals surface area contributed by atoms with Crippen molar-refractivity contribution in [2.45, 2.75) is 45.1 Å². The molecule has 4 N–H and O–H groups in total. The SMILES string of the molecule is C[C@@H](NS(=O)(=O)CCCCCN1CC(N)=NC1=N)c1ccc(F)c(OCC2CC2)c1. The molecule has 8 nitrogen and oxygen atoms in total. The molecule has 3 rings (SSSR count). The van der Waals surface area contributed by atoms with E-state index in [2.05, 4.69) is 9.71 Å². The molecule has 2 aliphatic rings. The molecule has 0 aromatic heterocycles. The van der Waals surface area contributed by atoms with Gasteiger partial charge in [-0.25, -0.2) is 17.5 Å². The van der Waals surface area contributed by atoms with E-state index in [1.165, 1.54) is 6.07 Å². The monoisotopic (exact) mass is 439 g/mol. The zero-order valence-corrected chi connectivity index (χ0v) is 18.0. The second-order valence-corrected chi connectivity index (χ2v) is 9.89. The summed E-state index contributed by atoms with van der Waals surface area (Å²) in [7, 11) is -3.47. The number of nitrogens with two attached hydrogens (primary N) is 1. The molecule has 1 aromatic carbocycles. The van der Waals surface area contributed by atoms with Crippen molar-refractivity contribution in [3.63, 3.8) is 0 Å². The molecule has 1 heterocycles. The number of ether oxygens (including phenoxy) is 1. The topological polar surface area (TPSA) is 121 Å². The smallest absolute Gasteiger partial charge is 0.219 e. The molecule has 166 valence electrons. The summed E-state index contributed by atoms with van der Waals surface area (Å²) in [4.78, 5) is 5.64. The lowest BCUT2D eigenvalue weighted by atomic mass is 10.1. The molecule has 30 heavy (non-hydrogen) atoms. The van der Waals surface area contributed by atoms with Crippen molar-refractivity contribution in [3.05, 3.63) is 29.6 Å². The second-order valence-electron chi connectivity index (χ2n) is 8.01. The van der Waals surface area contributed by atoms with Gasteiger partial charge >= 0.3 is 0 Å². The minimum absolute atomic E-state index is 0.0135. The molecule has 0 bridgehead atoms. The quantitative estimate of drug-likeness (QED) is 0.432. The molecule has 10 heteroatoms. The Morgan fingerprint density at radius 2 is 2.13 bits per heavy atom. The minimum Gasteiger partial charge on any atom is -0.490 e. The van der Waals surface area contributed by atoms with Gasteiger partial charge in [-0.15, -0.1) is 0 Å². The minimum atomic E-state index is -3.47. The fourth-order valence-electron chi connectivity index (χ4n) is 3.26. The van der Waals surface area contributed by atoms with Crippen LogP contribution in [-0.2, 0) is 10.0 Å². The number of nitrogens with one attached hydrogen (secondary N) is 2. The molecule has 1 atom stereocenters. The molecular formula is C20H30FN5O3S. The third kappa shape index (κ3) is 6.66. The Morgan fingerprint density at radius 3 is 2.80 bits per heavy atom. The first-order chi connectivity index (χ1) is 14.2. The normalized spacial score (nSPS) is 17.9. The van der Waals surface area contributed by atoms with Gasteiger partial charge in [-0.3, -0.25) is 5.41 Å². The van der Waals surface area contributed by atoms with Gasteiger partial charge in [0.05, 0.1) is 18.9 Å². The van der Waals surface area contributed by atoms with Gasteiger partial charge in [0.15, 0.2) is 11.6 Å². The van der Waals surface area contributed by atoms with Crippen molar-refractivity contribution < 1.29 is 17.5 Å². The fourth-order valence-corrected chi connectivity index (χ4v) is 4.63. The first kappa shape index (κ1) is 22.5. The summed E-state index contributed by atoms with van der Waals surface area (Å²) in [5, 5.41) is 7.67. The number of benzene rings is 1. The molecular weight excluding hydrogens is 409 g/mol. The molecule has 0 unspecified atom stereocenters. The standard InChI is InChI=1S/C20H30FN5O3S/c1-14(16-7-8-17(21)18(11-16)29-13-15-5-6-15)25-30(27,28)10-4-2-3-9-26-12-19(22)24-20(26)23/h7-8,11,14-15,25H,2-6,9-10,12-13H2,1H3,(H3,22,23,24)/t14-/m1/s1. The summed E-state index contributed by atoms with van der Waals surface area (Å²) in [6.07, 6.45) is 4.21. The fraction of sp³-hybridized carbons (Fsp3) is 0.600. The van der Waals surface area contributed by atoms with Crippen LogP contribution in [0.1, 0.15) is 50.6 Å². The van der Waals surface area contributed by atoms with Crippen LogP contribution in [0.2, 0.25) is 0 Å². The van der Waals surface area contributed by atoms with Crippen LogP contribution in [0.15, 0.2) is 23.2 Å². The number of hydrogen-bond acceptors (Lipinski definition) is 5. The maximum atomic E-state index is 13.9. The molecule has 1 saturated carbocycles. The summed E-state index contributed by atoms with van der Waals surface area (Å²) in [5.41, 5.74) is 6.26. The van der Waals surface area contributed by atoms with Gasteiger partial charge in [0.1, 0.15) is 5.84 Å². The summed E-state index contributed by atoms with van der Waals surface area (Å²) in [5.74, 6) is 0.845. The van der Waals surface area contributed by atoms with E-state index >= 15 is 0 Å². The summed E-state index contributed by atoms with van der Waals surface area (Å²) >= 11 is 0. The maximum Gasteiger partial charge on any atom is 0.219 e. The first-order valence-electron chi connectivity index (χ1n) is 10.3. The molecule has 1 aliphatic carbocycles. The first-order valence-corrected chi connectivity index (χ1v) is 12.0. The Balaban J connectivity index is 1.41. The van der Waals surface area contributed by atoms with E-state index in [0.29, 0.717) is 49.9 Å². The average Bonchev–Trinajstić information content (AvgIpc) is 3.44. The van der Waals surface area contributed by atoms with Crippen LogP contribution in [0, 0.1) is 17.1 Å². The van der Waals surface area contributed by atoms with E-state index in [9.17, 15) is 12.8 Å². The van der Waals surface area contributed by atoms with Crippen LogP contribution in [0.5, 0.6) is 5.75 Å². The van der Waals surface area contributed by atoms with Crippen molar-refractivity contribution in [2.24, 2.45) is 16.6 Å². The van der Waals surface area contributed by atoms with Gasteiger partial charge in [-0.1, -0.05) is 12.5 Å². The second kappa shape index (κ2) is 9.74. The lowest BCUT2D eigenvalue weighted by Crippen LogP contribution is -2.30. The van der Waals surface area contributed by atoms with E-state index in [4.69, 9.17) is 15.9 Å². The predicted octanol–water partition coefficient (Wildman–Crippen LogP) is 2.37. The summed E-state index contributed by atoms with van der Waals surface area (Å²) < 4.78 is 47.0. The van der Waals surface area contributed by atoms with Crippen LogP contribution in [0.25, 0.3) is 0 Å². The van der Waals surface area contributed by atoms with Crippen molar-refractivity contribution in [1.29, 1.82) is 5.41 Å². The third-order valence-corrected chi connectivity index (χ3v) is 6.76. The Hall–Kier alpha value is -2.20.